The van der Waals surface area contributed by atoms with Crippen LogP contribution in [0.5, 0.6) is 0 Å². The molecule has 2 aliphatic rings. The van der Waals surface area contributed by atoms with E-state index >= 15 is 0 Å². The van der Waals surface area contributed by atoms with E-state index in [9.17, 15) is 9.59 Å². The molecule has 0 aromatic heterocycles. The van der Waals surface area contributed by atoms with Crippen LogP contribution >= 0.6 is 11.8 Å². The van der Waals surface area contributed by atoms with Gasteiger partial charge in [-0.25, -0.2) is 0 Å². The number of Topliss-reactive ketones (excluding diaryl/α,β-unsaturated/α-hetero) is 2. The zero-order valence-electron chi connectivity index (χ0n) is 18.3. The van der Waals surface area contributed by atoms with Gasteiger partial charge < -0.3 is 0 Å². The van der Waals surface area contributed by atoms with Crippen molar-refractivity contribution in [3.8, 4) is 0 Å². The highest BCUT2D eigenvalue weighted by atomic mass is 32.2. The SMILES string of the molecule is O=C1C(=C/C=C2\SC(c3ccccc3)(c3ccccc3)c3ccccc32)C(=O)c2ccccc21. The molecule has 3 heteroatoms. The van der Waals surface area contributed by atoms with Crippen LogP contribution < -0.4 is 0 Å². The molecule has 0 unspecified atom stereocenters. The third-order valence-corrected chi connectivity index (χ3v) is 8.08. The average Bonchev–Trinajstić information content (AvgIpc) is 3.36. The van der Waals surface area contributed by atoms with Gasteiger partial charge in [0.2, 0.25) is 0 Å². The van der Waals surface area contributed by atoms with Gasteiger partial charge in [0.25, 0.3) is 0 Å². The molecule has 0 saturated heterocycles. The lowest BCUT2D eigenvalue weighted by atomic mass is 9.82. The Balaban J connectivity index is 1.52. The normalized spacial score (nSPS) is 17.1. The van der Waals surface area contributed by atoms with Crippen molar-refractivity contribution in [2.45, 2.75) is 4.75 Å². The number of allylic oxidation sites excluding steroid dienone is 3. The van der Waals surface area contributed by atoms with Gasteiger partial charge >= 0.3 is 0 Å². The van der Waals surface area contributed by atoms with E-state index in [0.717, 1.165) is 10.5 Å². The van der Waals surface area contributed by atoms with Crippen molar-refractivity contribution in [3.63, 3.8) is 0 Å². The number of rotatable bonds is 3. The van der Waals surface area contributed by atoms with Crippen molar-refractivity contribution in [2.24, 2.45) is 0 Å². The molecule has 0 amide bonds. The first-order valence-corrected chi connectivity index (χ1v) is 12.0. The number of hydrogen-bond donors (Lipinski definition) is 0. The second-order valence-corrected chi connectivity index (χ2v) is 9.63. The first-order chi connectivity index (χ1) is 16.7. The summed E-state index contributed by atoms with van der Waals surface area (Å²) in [4.78, 5) is 26.8. The van der Waals surface area contributed by atoms with Crippen LogP contribution in [0.25, 0.3) is 4.91 Å². The Morgan fingerprint density at radius 1 is 0.529 bits per heavy atom. The van der Waals surface area contributed by atoms with E-state index in [1.54, 1.807) is 42.1 Å². The van der Waals surface area contributed by atoms with Gasteiger partial charge in [-0.15, -0.1) is 11.8 Å². The van der Waals surface area contributed by atoms with Gasteiger partial charge in [0.15, 0.2) is 11.6 Å². The largest absolute Gasteiger partial charge is 0.288 e. The monoisotopic (exact) mass is 456 g/mol. The molecule has 0 spiro atoms. The van der Waals surface area contributed by atoms with Crippen LogP contribution in [-0.4, -0.2) is 11.6 Å². The van der Waals surface area contributed by atoms with E-state index < -0.39 is 4.75 Å². The zero-order chi connectivity index (χ0) is 23.1. The Kier molecular flexibility index (Phi) is 4.93. The highest BCUT2D eigenvalue weighted by molar-refractivity contribution is 8.10. The summed E-state index contributed by atoms with van der Waals surface area (Å²) in [5.41, 5.74) is 5.90. The molecule has 162 valence electrons. The molecule has 4 aromatic rings. The average molecular weight is 457 g/mol. The maximum atomic E-state index is 12.9. The van der Waals surface area contributed by atoms with Gasteiger partial charge in [0, 0.05) is 16.0 Å². The Bertz CT molecular complexity index is 1420. The lowest BCUT2D eigenvalue weighted by Gasteiger charge is -2.31. The molecule has 0 fully saturated rings. The molecule has 0 bridgehead atoms. The fourth-order valence-corrected chi connectivity index (χ4v) is 6.48. The number of hydrogen-bond acceptors (Lipinski definition) is 3. The van der Waals surface area contributed by atoms with Crippen LogP contribution in [0.3, 0.4) is 0 Å². The van der Waals surface area contributed by atoms with Crippen LogP contribution in [0.15, 0.2) is 127 Å². The van der Waals surface area contributed by atoms with Crippen LogP contribution in [0.1, 0.15) is 43.0 Å². The van der Waals surface area contributed by atoms with E-state index in [1.807, 2.05) is 24.3 Å². The molecule has 1 aliphatic heterocycles. The zero-order valence-corrected chi connectivity index (χ0v) is 19.1. The number of carbonyl (C=O) groups is 2. The van der Waals surface area contributed by atoms with Gasteiger partial charge in [0.05, 0.1) is 10.3 Å². The maximum Gasteiger partial charge on any atom is 0.197 e. The summed E-state index contributed by atoms with van der Waals surface area (Å²) in [6.45, 7) is 0. The summed E-state index contributed by atoms with van der Waals surface area (Å²) in [5.74, 6) is -0.405. The minimum atomic E-state index is -0.421. The van der Waals surface area contributed by atoms with Crippen LogP contribution in [0.4, 0.5) is 0 Å². The molecular formula is C31H20O2S. The smallest absolute Gasteiger partial charge is 0.197 e. The Morgan fingerprint density at radius 2 is 1.00 bits per heavy atom. The Hall–Kier alpha value is -3.95. The van der Waals surface area contributed by atoms with Gasteiger partial charge in [-0.05, 0) is 34.4 Å². The molecular weight excluding hydrogens is 436 g/mol. The van der Waals surface area contributed by atoms with Crippen LogP contribution in [-0.2, 0) is 4.75 Å². The first-order valence-electron chi connectivity index (χ1n) is 11.2. The quantitative estimate of drug-likeness (QED) is 0.244. The molecule has 0 atom stereocenters. The lowest BCUT2D eigenvalue weighted by molar-refractivity contribution is 0.0989. The minimum Gasteiger partial charge on any atom is -0.288 e. The summed E-state index contributed by atoms with van der Waals surface area (Å²) >= 11 is 1.76. The van der Waals surface area contributed by atoms with E-state index in [0.29, 0.717) is 11.1 Å². The predicted octanol–water partition coefficient (Wildman–Crippen LogP) is 7.07. The predicted molar refractivity (Wildman–Crippen MR) is 138 cm³/mol. The molecule has 4 aromatic carbocycles. The van der Waals surface area contributed by atoms with E-state index in [1.165, 1.54) is 16.7 Å². The van der Waals surface area contributed by atoms with E-state index in [2.05, 4.69) is 66.7 Å². The number of carbonyl (C=O) groups excluding carboxylic acids is 2. The lowest BCUT2D eigenvalue weighted by Crippen LogP contribution is -2.22. The summed E-state index contributed by atoms with van der Waals surface area (Å²) in [7, 11) is 0. The molecule has 0 radical (unpaired) electrons. The standard InChI is InChI=1S/C31H20O2S/c32-29-23-15-7-8-16-24(23)30(33)26(29)19-20-28-25-17-9-10-18-27(25)31(34-28,21-11-3-1-4-12-21)22-13-5-2-6-14-22/h1-20H/b28-20-. The fourth-order valence-electron chi connectivity index (χ4n) is 4.93. The maximum absolute atomic E-state index is 12.9. The van der Waals surface area contributed by atoms with E-state index in [4.69, 9.17) is 0 Å². The summed E-state index contributed by atoms with van der Waals surface area (Å²) in [6.07, 6.45) is 3.64. The van der Waals surface area contributed by atoms with Gasteiger partial charge in [0.1, 0.15) is 0 Å². The van der Waals surface area contributed by atoms with Crippen molar-refractivity contribution < 1.29 is 9.59 Å². The molecule has 0 saturated carbocycles. The second-order valence-electron chi connectivity index (χ2n) is 8.38. The Morgan fingerprint density at radius 3 is 1.56 bits per heavy atom. The summed E-state index contributed by atoms with van der Waals surface area (Å²) in [5, 5.41) is 0. The minimum absolute atomic E-state index is 0.203. The number of fused-ring (bicyclic) bond motifs is 2. The van der Waals surface area contributed by atoms with Crippen molar-refractivity contribution in [1.82, 2.24) is 0 Å². The summed E-state index contributed by atoms with van der Waals surface area (Å²) < 4.78 is -0.421. The van der Waals surface area contributed by atoms with Crippen molar-refractivity contribution in [2.75, 3.05) is 0 Å². The molecule has 34 heavy (non-hydrogen) atoms. The van der Waals surface area contributed by atoms with Crippen molar-refractivity contribution >= 4 is 28.2 Å². The Labute approximate surface area is 202 Å². The molecule has 0 N–H and O–H groups in total. The number of thioether (sulfide) groups is 1. The van der Waals surface area contributed by atoms with Gasteiger partial charge in [-0.1, -0.05) is 109 Å². The third kappa shape index (κ3) is 3.05. The molecule has 2 nitrogen and oxygen atoms in total. The van der Waals surface area contributed by atoms with E-state index in [-0.39, 0.29) is 17.1 Å². The van der Waals surface area contributed by atoms with Crippen molar-refractivity contribution in [1.29, 1.82) is 0 Å². The van der Waals surface area contributed by atoms with Crippen LogP contribution in [0.2, 0.25) is 0 Å². The highest BCUT2D eigenvalue weighted by Crippen LogP contribution is 2.60. The second kappa shape index (κ2) is 8.12. The third-order valence-electron chi connectivity index (χ3n) is 6.50. The van der Waals surface area contributed by atoms with Gasteiger partial charge in [-0.2, -0.15) is 0 Å². The molecule has 1 heterocycles. The molecule has 6 rings (SSSR count). The summed E-state index contributed by atoms with van der Waals surface area (Å²) in [6, 6.07) is 36.4. The van der Waals surface area contributed by atoms with Gasteiger partial charge in [-0.3, -0.25) is 9.59 Å². The molecule has 1 aliphatic carbocycles. The van der Waals surface area contributed by atoms with Crippen LogP contribution in [0, 0.1) is 0 Å². The fraction of sp³-hybridized carbons (Fsp3) is 0.0323. The number of benzene rings is 4. The highest BCUT2D eigenvalue weighted by Gasteiger charge is 2.45. The topological polar surface area (TPSA) is 34.1 Å². The number of ketones is 2. The first kappa shape index (κ1) is 20.6. The van der Waals surface area contributed by atoms with Crippen molar-refractivity contribution in [3.05, 3.63) is 160 Å².